The molecule has 31 heavy (non-hydrogen) atoms. The van der Waals surface area contributed by atoms with Gasteiger partial charge < -0.3 is 4.90 Å². The molecule has 2 aromatic rings. The molecule has 1 aromatic carbocycles. The van der Waals surface area contributed by atoms with Crippen LogP contribution < -0.4 is 0 Å². The van der Waals surface area contributed by atoms with Crippen LogP contribution in [0.4, 0.5) is 0 Å². The van der Waals surface area contributed by atoms with E-state index in [0.717, 1.165) is 35.4 Å². The lowest BCUT2D eigenvalue weighted by Crippen LogP contribution is -2.35. The summed E-state index contributed by atoms with van der Waals surface area (Å²) in [5, 5.41) is 18.0. The maximum Gasteiger partial charge on any atom is 0.237 e. The molecule has 1 unspecified atom stereocenters. The Kier molecular flexibility index (Phi) is 7.57. The molecule has 1 aliphatic heterocycles. The van der Waals surface area contributed by atoms with Crippen LogP contribution in [-0.2, 0) is 11.3 Å². The van der Waals surface area contributed by atoms with Gasteiger partial charge in [-0.05, 0) is 55.9 Å². The number of hydrogen-bond acceptors (Lipinski definition) is 4. The van der Waals surface area contributed by atoms with Gasteiger partial charge in [-0.15, -0.1) is 0 Å². The Morgan fingerprint density at radius 2 is 1.68 bits per heavy atom. The zero-order valence-electron chi connectivity index (χ0n) is 18.1. The summed E-state index contributed by atoms with van der Waals surface area (Å²) in [5.74, 6) is 0.0842. The summed E-state index contributed by atoms with van der Waals surface area (Å²) in [6, 6.07) is 20.2. The summed E-state index contributed by atoms with van der Waals surface area (Å²) >= 11 is 0. The van der Waals surface area contributed by atoms with Gasteiger partial charge in [0.25, 0.3) is 0 Å². The molecule has 0 fully saturated rings. The third kappa shape index (κ3) is 5.01. The van der Waals surface area contributed by atoms with E-state index in [2.05, 4.69) is 17.1 Å². The van der Waals surface area contributed by atoms with E-state index in [9.17, 15) is 4.79 Å². The molecule has 1 atom stereocenters. The highest BCUT2D eigenvalue weighted by Gasteiger charge is 2.48. The van der Waals surface area contributed by atoms with Crippen LogP contribution in [0.25, 0.3) is 5.70 Å². The van der Waals surface area contributed by atoms with Gasteiger partial charge in [-0.25, -0.2) is 0 Å². The van der Waals surface area contributed by atoms with Crippen LogP contribution in [0.5, 0.6) is 0 Å². The van der Waals surface area contributed by atoms with Crippen LogP contribution in [0.2, 0.25) is 0 Å². The van der Waals surface area contributed by atoms with Crippen molar-refractivity contribution in [1.29, 1.82) is 10.5 Å². The zero-order chi connectivity index (χ0) is 22.1. The molecule has 1 amide bonds. The smallest absolute Gasteiger partial charge is 0.237 e. The molecule has 158 valence electrons. The standard InChI is InChI=1S/C26H28N4O/c1-26(16-8-3-9-17-27)22(14-6-10-18-28)24(23-15-7-11-19-29-23)30(25(26)31)20-21-12-4-2-5-13-21/h2,4-5,7,11-13,15,19H,3,6,8-10,14,16,20H2,1H3. The number of aromatic nitrogens is 1. The molecule has 0 spiro atoms. The average molecular weight is 413 g/mol. The molecule has 1 aliphatic rings. The Morgan fingerprint density at radius 3 is 2.35 bits per heavy atom. The first-order valence-electron chi connectivity index (χ1n) is 10.9. The van der Waals surface area contributed by atoms with Crippen LogP contribution in [0.1, 0.15) is 63.1 Å². The number of carbonyl (C=O) groups is 1. The number of carbonyl (C=O) groups excluding carboxylic acids is 1. The molecule has 0 saturated heterocycles. The van der Waals surface area contributed by atoms with Crippen molar-refractivity contribution >= 4 is 11.6 Å². The van der Waals surface area contributed by atoms with Crippen LogP contribution in [0, 0.1) is 28.1 Å². The third-order valence-electron chi connectivity index (χ3n) is 5.96. The second-order valence-corrected chi connectivity index (χ2v) is 8.13. The van der Waals surface area contributed by atoms with E-state index in [1.807, 2.05) is 60.4 Å². The molecule has 1 aromatic heterocycles. The van der Waals surface area contributed by atoms with Crippen LogP contribution in [-0.4, -0.2) is 15.8 Å². The molecule has 0 saturated carbocycles. The SMILES string of the molecule is CC1(CCCCC#N)C(=O)N(Cc2ccccc2)C(c2ccccn2)=C1CCCC#N. The highest BCUT2D eigenvalue weighted by molar-refractivity contribution is 6.00. The average Bonchev–Trinajstić information content (AvgIpc) is 3.00. The summed E-state index contributed by atoms with van der Waals surface area (Å²) in [4.78, 5) is 20.3. The van der Waals surface area contributed by atoms with Crippen LogP contribution >= 0.6 is 0 Å². The predicted molar refractivity (Wildman–Crippen MR) is 120 cm³/mol. The molecule has 0 bridgehead atoms. The highest BCUT2D eigenvalue weighted by atomic mass is 16.2. The predicted octanol–water partition coefficient (Wildman–Crippen LogP) is 5.62. The number of pyridine rings is 1. The third-order valence-corrected chi connectivity index (χ3v) is 5.96. The van der Waals surface area contributed by atoms with Crippen molar-refractivity contribution in [2.75, 3.05) is 0 Å². The van der Waals surface area contributed by atoms with E-state index in [1.165, 1.54) is 0 Å². The normalized spacial score (nSPS) is 18.2. The summed E-state index contributed by atoms with van der Waals surface area (Å²) in [5.41, 5.74) is 3.16. The molecule has 5 nitrogen and oxygen atoms in total. The molecule has 5 heteroatoms. The minimum Gasteiger partial charge on any atom is -0.305 e. The Balaban J connectivity index is 2.05. The second-order valence-electron chi connectivity index (χ2n) is 8.13. The van der Waals surface area contributed by atoms with Gasteiger partial charge >= 0.3 is 0 Å². The largest absolute Gasteiger partial charge is 0.305 e. The van der Waals surface area contributed by atoms with Crippen molar-refractivity contribution in [2.24, 2.45) is 5.41 Å². The van der Waals surface area contributed by atoms with Crippen molar-refractivity contribution in [3.63, 3.8) is 0 Å². The zero-order valence-corrected chi connectivity index (χ0v) is 18.1. The van der Waals surface area contributed by atoms with Crippen LogP contribution in [0.15, 0.2) is 60.3 Å². The van der Waals surface area contributed by atoms with E-state index in [4.69, 9.17) is 10.5 Å². The van der Waals surface area contributed by atoms with Gasteiger partial charge in [-0.3, -0.25) is 9.78 Å². The second kappa shape index (κ2) is 10.5. The van der Waals surface area contributed by atoms with Gasteiger partial charge in [0.05, 0.1) is 35.5 Å². The first kappa shape index (κ1) is 22.2. The number of rotatable bonds is 10. The number of hydrogen-bond donors (Lipinski definition) is 0. The lowest BCUT2D eigenvalue weighted by atomic mass is 9.76. The summed E-state index contributed by atoms with van der Waals surface area (Å²) in [6.45, 7) is 2.51. The molecule has 3 rings (SSSR count). The van der Waals surface area contributed by atoms with E-state index >= 15 is 0 Å². The highest BCUT2D eigenvalue weighted by Crippen LogP contribution is 2.49. The van der Waals surface area contributed by atoms with Crippen molar-refractivity contribution < 1.29 is 4.79 Å². The Bertz CT molecular complexity index is 1000. The Hall–Kier alpha value is -3.44. The Morgan fingerprint density at radius 1 is 0.968 bits per heavy atom. The van der Waals surface area contributed by atoms with Gasteiger partial charge in [0.15, 0.2) is 0 Å². The van der Waals surface area contributed by atoms with Crippen molar-refractivity contribution in [1.82, 2.24) is 9.88 Å². The van der Waals surface area contributed by atoms with E-state index < -0.39 is 5.41 Å². The van der Waals surface area contributed by atoms with Gasteiger partial charge in [0, 0.05) is 19.0 Å². The van der Waals surface area contributed by atoms with Gasteiger partial charge in [0.1, 0.15) is 0 Å². The fourth-order valence-corrected chi connectivity index (χ4v) is 4.34. The summed E-state index contributed by atoms with van der Waals surface area (Å²) in [7, 11) is 0. The van der Waals surface area contributed by atoms with Crippen molar-refractivity contribution in [2.45, 2.75) is 58.4 Å². The van der Waals surface area contributed by atoms with Gasteiger partial charge in [-0.1, -0.05) is 42.8 Å². The topological polar surface area (TPSA) is 80.8 Å². The number of amides is 1. The number of unbranched alkanes of at least 4 members (excludes halogenated alkanes) is 3. The molecule has 0 aliphatic carbocycles. The van der Waals surface area contributed by atoms with Gasteiger partial charge in [-0.2, -0.15) is 10.5 Å². The quantitative estimate of drug-likeness (QED) is 0.474. The lowest BCUT2D eigenvalue weighted by Gasteiger charge is -2.27. The maximum atomic E-state index is 13.8. The summed E-state index contributed by atoms with van der Waals surface area (Å²) < 4.78 is 0. The minimum atomic E-state index is -0.646. The summed E-state index contributed by atoms with van der Waals surface area (Å²) in [6.07, 6.45) is 6.39. The molecule has 0 radical (unpaired) electrons. The molecule has 2 heterocycles. The molecule has 0 N–H and O–H groups in total. The first-order valence-corrected chi connectivity index (χ1v) is 10.9. The fourth-order valence-electron chi connectivity index (χ4n) is 4.34. The van der Waals surface area contributed by atoms with E-state index in [0.29, 0.717) is 38.6 Å². The molecular weight excluding hydrogens is 384 g/mol. The van der Waals surface area contributed by atoms with Crippen LogP contribution in [0.3, 0.4) is 0 Å². The Labute approximate surface area is 184 Å². The van der Waals surface area contributed by atoms with E-state index in [-0.39, 0.29) is 5.91 Å². The monoisotopic (exact) mass is 412 g/mol. The minimum absolute atomic E-state index is 0.0842. The number of nitrogens with zero attached hydrogens (tertiary/aromatic N) is 4. The number of benzene rings is 1. The van der Waals surface area contributed by atoms with Crippen molar-refractivity contribution in [3.05, 3.63) is 71.6 Å². The fraction of sp³-hybridized carbons (Fsp3) is 0.385. The lowest BCUT2D eigenvalue weighted by molar-refractivity contribution is -0.134. The maximum absolute atomic E-state index is 13.8. The van der Waals surface area contributed by atoms with Gasteiger partial charge in [0.2, 0.25) is 5.91 Å². The number of nitriles is 2. The first-order chi connectivity index (χ1) is 15.1. The molecular formula is C26H28N4O. The van der Waals surface area contributed by atoms with Crippen molar-refractivity contribution in [3.8, 4) is 12.1 Å². The van der Waals surface area contributed by atoms with E-state index in [1.54, 1.807) is 6.20 Å².